The van der Waals surface area contributed by atoms with E-state index in [1.165, 1.54) is 24.3 Å². The fraction of sp³-hybridized carbons (Fsp3) is 0.333. The van der Waals surface area contributed by atoms with Gasteiger partial charge in [-0.3, -0.25) is 0 Å². The number of hydrogen-bond acceptors (Lipinski definition) is 6. The molecule has 176 valence electrons. The van der Waals surface area contributed by atoms with Gasteiger partial charge in [0.15, 0.2) is 5.75 Å². The number of carbonyl (C=O) groups is 1. The Morgan fingerprint density at radius 2 is 1.82 bits per heavy atom. The quantitative estimate of drug-likeness (QED) is 0.263. The van der Waals surface area contributed by atoms with E-state index in [1.54, 1.807) is 18.2 Å². The Hall–Kier alpha value is -2.68. The molecule has 9 heteroatoms. The van der Waals surface area contributed by atoms with E-state index in [-0.39, 0.29) is 27.7 Å². The summed E-state index contributed by atoms with van der Waals surface area (Å²) in [6.07, 6.45) is 2.26. The van der Waals surface area contributed by atoms with Crippen molar-refractivity contribution in [1.29, 1.82) is 0 Å². The molecule has 1 aromatic heterocycles. The number of ether oxygens (including phenoxy) is 1. The average Bonchev–Trinajstić information content (AvgIpc) is 2.75. The summed E-state index contributed by atoms with van der Waals surface area (Å²) in [4.78, 5) is 24.9. The van der Waals surface area contributed by atoms with Crippen LogP contribution in [0.2, 0.25) is 5.02 Å². The van der Waals surface area contributed by atoms with E-state index in [0.29, 0.717) is 18.2 Å². The molecule has 0 aliphatic carbocycles. The van der Waals surface area contributed by atoms with Gasteiger partial charge in [-0.15, -0.1) is 0 Å². The van der Waals surface area contributed by atoms with Gasteiger partial charge in [-0.05, 0) is 43.5 Å². The van der Waals surface area contributed by atoms with Crippen molar-refractivity contribution in [3.8, 4) is 5.75 Å². The molecule has 0 saturated heterocycles. The Bertz CT molecular complexity index is 1320. The van der Waals surface area contributed by atoms with Gasteiger partial charge in [0.2, 0.25) is 10.0 Å². The van der Waals surface area contributed by atoms with Crippen LogP contribution in [0.25, 0.3) is 11.0 Å². The Balaban J connectivity index is 1.89. The zero-order chi connectivity index (χ0) is 24.2. The van der Waals surface area contributed by atoms with Gasteiger partial charge in [0.1, 0.15) is 11.6 Å². The molecule has 0 amide bonds. The van der Waals surface area contributed by atoms with Crippen molar-refractivity contribution in [3.05, 3.63) is 69.0 Å². The van der Waals surface area contributed by atoms with E-state index >= 15 is 0 Å². The van der Waals surface area contributed by atoms with E-state index < -0.39 is 27.7 Å². The molecule has 0 aliphatic heterocycles. The van der Waals surface area contributed by atoms with E-state index in [9.17, 15) is 18.0 Å². The molecule has 0 radical (unpaired) electrons. The van der Waals surface area contributed by atoms with Gasteiger partial charge in [-0.2, -0.15) is 4.72 Å². The van der Waals surface area contributed by atoms with Gasteiger partial charge < -0.3 is 9.15 Å². The third-order valence-electron chi connectivity index (χ3n) is 5.10. The van der Waals surface area contributed by atoms with Gasteiger partial charge in [-0.25, -0.2) is 18.0 Å². The lowest BCUT2D eigenvalue weighted by molar-refractivity contribution is -0.136. The van der Waals surface area contributed by atoms with Crippen molar-refractivity contribution in [2.24, 2.45) is 0 Å². The highest BCUT2D eigenvalue weighted by Gasteiger charge is 2.27. The Kier molecular flexibility index (Phi) is 7.94. The lowest BCUT2D eigenvalue weighted by Gasteiger charge is -2.18. The van der Waals surface area contributed by atoms with Crippen molar-refractivity contribution >= 4 is 38.6 Å². The first kappa shape index (κ1) is 25.0. The molecule has 0 unspecified atom stereocenters. The number of nitrogens with one attached hydrogen (secondary N) is 1. The SMILES string of the molecule is CCCc1cc(=O)oc2cc(OC(=O)[C@@H](CCC)NS(=O)(=O)c3ccc(C)cc3)c(Cl)cc12. The first-order valence-corrected chi connectivity index (χ1v) is 12.6. The van der Waals surface area contributed by atoms with Gasteiger partial charge in [0, 0.05) is 17.5 Å². The number of hydrogen-bond donors (Lipinski definition) is 1. The summed E-state index contributed by atoms with van der Waals surface area (Å²) in [6, 6.07) is 9.57. The summed E-state index contributed by atoms with van der Waals surface area (Å²) < 4.78 is 38.7. The third kappa shape index (κ3) is 6.01. The number of sulfonamides is 1. The maximum Gasteiger partial charge on any atom is 0.336 e. The second kappa shape index (κ2) is 10.5. The number of rotatable bonds is 9. The van der Waals surface area contributed by atoms with E-state index in [4.69, 9.17) is 20.8 Å². The minimum Gasteiger partial charge on any atom is -0.424 e. The molecule has 2 aromatic carbocycles. The molecule has 0 aliphatic rings. The van der Waals surface area contributed by atoms with Crippen molar-refractivity contribution in [1.82, 2.24) is 4.72 Å². The summed E-state index contributed by atoms with van der Waals surface area (Å²) in [5.74, 6) is -0.817. The maximum absolute atomic E-state index is 12.9. The van der Waals surface area contributed by atoms with E-state index in [1.807, 2.05) is 20.8 Å². The molecule has 0 fully saturated rings. The first-order valence-electron chi connectivity index (χ1n) is 10.7. The van der Waals surface area contributed by atoms with E-state index in [0.717, 1.165) is 17.5 Å². The molecule has 3 rings (SSSR count). The minimum absolute atomic E-state index is 0.0124. The first-order chi connectivity index (χ1) is 15.6. The minimum atomic E-state index is -3.94. The van der Waals surface area contributed by atoms with Crippen molar-refractivity contribution in [2.75, 3.05) is 0 Å². The van der Waals surface area contributed by atoms with E-state index in [2.05, 4.69) is 4.72 Å². The van der Waals surface area contributed by atoms with Gasteiger partial charge in [-0.1, -0.05) is 56.0 Å². The zero-order valence-electron chi connectivity index (χ0n) is 18.7. The van der Waals surface area contributed by atoms with Crippen LogP contribution in [-0.4, -0.2) is 20.4 Å². The molecular weight excluding hydrogens is 466 g/mol. The molecule has 7 nitrogen and oxygen atoms in total. The smallest absolute Gasteiger partial charge is 0.336 e. The number of halogens is 1. The highest BCUT2D eigenvalue weighted by molar-refractivity contribution is 7.89. The molecule has 0 saturated carbocycles. The summed E-state index contributed by atoms with van der Waals surface area (Å²) in [5, 5.41) is 0.810. The highest BCUT2D eigenvalue weighted by Crippen LogP contribution is 2.32. The topological polar surface area (TPSA) is 103 Å². The second-order valence-electron chi connectivity index (χ2n) is 7.82. The summed E-state index contributed by atoms with van der Waals surface area (Å²) in [5.41, 5.74) is 1.43. The Morgan fingerprint density at radius 3 is 2.45 bits per heavy atom. The van der Waals surface area contributed by atoms with Crippen LogP contribution in [0.15, 0.2) is 56.6 Å². The highest BCUT2D eigenvalue weighted by atomic mass is 35.5. The van der Waals surface area contributed by atoms with Crippen molar-refractivity contribution < 1.29 is 22.4 Å². The molecular formula is C24H26ClNO6S. The lowest BCUT2D eigenvalue weighted by atomic mass is 10.1. The Morgan fingerprint density at radius 1 is 1.12 bits per heavy atom. The number of benzene rings is 2. The standard InChI is InChI=1S/C24H26ClNO6S/c1-4-6-16-12-23(27)31-21-14-22(19(25)13-18(16)21)32-24(28)20(7-5-2)26-33(29,30)17-10-8-15(3)9-11-17/h8-14,20,26H,4-7H2,1-3H3/t20-/m1/s1. The third-order valence-corrected chi connectivity index (χ3v) is 6.89. The number of fused-ring (bicyclic) bond motifs is 1. The van der Waals surface area contributed by atoms with Crippen LogP contribution in [0.3, 0.4) is 0 Å². The zero-order valence-corrected chi connectivity index (χ0v) is 20.3. The molecule has 1 atom stereocenters. The largest absolute Gasteiger partial charge is 0.424 e. The number of carbonyl (C=O) groups excluding carboxylic acids is 1. The molecule has 3 aromatic rings. The molecule has 33 heavy (non-hydrogen) atoms. The van der Waals surface area contributed by atoms with Crippen LogP contribution in [-0.2, 0) is 21.2 Å². The molecule has 1 heterocycles. The second-order valence-corrected chi connectivity index (χ2v) is 9.94. The molecule has 0 spiro atoms. The fourth-order valence-corrected chi connectivity index (χ4v) is 4.87. The van der Waals surface area contributed by atoms with Crippen LogP contribution in [0.5, 0.6) is 5.75 Å². The normalized spacial score (nSPS) is 12.6. The van der Waals surface area contributed by atoms with Crippen molar-refractivity contribution in [3.63, 3.8) is 0 Å². The monoisotopic (exact) mass is 491 g/mol. The van der Waals surface area contributed by atoms with Crippen LogP contribution in [0, 0.1) is 6.92 Å². The van der Waals surface area contributed by atoms with Gasteiger partial charge in [0.05, 0.1) is 9.92 Å². The van der Waals surface area contributed by atoms with Crippen molar-refractivity contribution in [2.45, 2.75) is 57.4 Å². The predicted molar refractivity (Wildman–Crippen MR) is 127 cm³/mol. The van der Waals surface area contributed by atoms with Gasteiger partial charge >= 0.3 is 11.6 Å². The maximum atomic E-state index is 12.9. The average molecular weight is 492 g/mol. The lowest BCUT2D eigenvalue weighted by Crippen LogP contribution is -2.42. The summed E-state index contributed by atoms with van der Waals surface area (Å²) in [6.45, 7) is 5.67. The van der Waals surface area contributed by atoms with Gasteiger partial charge in [0.25, 0.3) is 0 Å². The van der Waals surface area contributed by atoms with Crippen LogP contribution >= 0.6 is 11.6 Å². The molecule has 0 bridgehead atoms. The predicted octanol–water partition coefficient (Wildman–Crippen LogP) is 4.76. The van der Waals surface area contributed by atoms with Crippen LogP contribution in [0.1, 0.15) is 44.2 Å². The number of esters is 1. The Labute approximate surface area is 197 Å². The van der Waals surface area contributed by atoms with Crippen LogP contribution < -0.4 is 15.1 Å². The fourth-order valence-electron chi connectivity index (χ4n) is 3.45. The van der Waals surface area contributed by atoms with Crippen LogP contribution in [0.4, 0.5) is 0 Å². The summed E-state index contributed by atoms with van der Waals surface area (Å²) >= 11 is 6.35. The summed E-state index contributed by atoms with van der Waals surface area (Å²) in [7, 11) is -3.94. The molecule has 1 N–H and O–H groups in total. The number of aryl methyl sites for hydroxylation is 2.